The second-order valence-electron chi connectivity index (χ2n) is 2.86. The fraction of sp³-hybridized carbons (Fsp3) is 0.273. The Morgan fingerprint density at radius 1 is 1.56 bits per heavy atom. The molecule has 0 saturated heterocycles. The first kappa shape index (κ1) is 12.8. The normalized spacial score (nSPS) is 9.38. The van der Waals surface area contributed by atoms with Crippen molar-refractivity contribution < 1.29 is 14.3 Å². The maximum atomic E-state index is 11.6. The van der Waals surface area contributed by atoms with Crippen molar-refractivity contribution >= 4 is 28.6 Å². The summed E-state index contributed by atoms with van der Waals surface area (Å²) >= 11 is 1.98. The van der Waals surface area contributed by atoms with Crippen molar-refractivity contribution in [3.05, 3.63) is 26.8 Å². The first-order valence-electron chi connectivity index (χ1n) is 4.58. The predicted octanol–water partition coefficient (Wildman–Crippen LogP) is 2.35. The van der Waals surface area contributed by atoms with E-state index in [1.54, 1.807) is 13.0 Å². The zero-order valence-corrected chi connectivity index (χ0v) is 11.1. The smallest absolute Gasteiger partial charge is 0.340 e. The second kappa shape index (κ2) is 5.70. The average Bonchev–Trinajstić information content (AvgIpc) is 2.27. The molecule has 1 aromatic carbocycles. The van der Waals surface area contributed by atoms with E-state index in [0.29, 0.717) is 14.9 Å². The third-order valence-corrected chi connectivity index (χ3v) is 2.75. The van der Waals surface area contributed by atoms with Gasteiger partial charge in [0.2, 0.25) is 0 Å². The number of carbonyl (C=O) groups excluding carboxylic acids is 1. The maximum Gasteiger partial charge on any atom is 0.340 e. The third kappa shape index (κ3) is 2.64. The Morgan fingerprint density at radius 2 is 2.25 bits per heavy atom. The Bertz CT molecular complexity index is 451. The van der Waals surface area contributed by atoms with Crippen molar-refractivity contribution in [1.82, 2.24) is 0 Å². The van der Waals surface area contributed by atoms with Gasteiger partial charge in [-0.1, -0.05) is 0 Å². The molecule has 0 amide bonds. The molecule has 0 radical (unpaired) electrons. The summed E-state index contributed by atoms with van der Waals surface area (Å²) in [5.41, 5.74) is 0.563. The van der Waals surface area contributed by atoms with Crippen LogP contribution in [0.2, 0.25) is 0 Å². The van der Waals surface area contributed by atoms with Crippen molar-refractivity contribution in [3.8, 4) is 11.8 Å². The van der Waals surface area contributed by atoms with Gasteiger partial charge in [-0.05, 0) is 41.6 Å². The number of methoxy groups -OCH3 is 1. The highest BCUT2D eigenvalue weighted by Crippen LogP contribution is 2.24. The van der Waals surface area contributed by atoms with Crippen LogP contribution in [-0.2, 0) is 4.74 Å². The van der Waals surface area contributed by atoms with Crippen LogP contribution in [0.25, 0.3) is 0 Å². The zero-order chi connectivity index (χ0) is 12.1. The van der Waals surface area contributed by atoms with Gasteiger partial charge in [0.1, 0.15) is 11.8 Å². The van der Waals surface area contributed by atoms with Crippen LogP contribution in [0.5, 0.6) is 5.75 Å². The molecule has 5 heteroatoms. The molecule has 1 rings (SSSR count). The van der Waals surface area contributed by atoms with E-state index in [9.17, 15) is 4.79 Å². The Balaban J connectivity index is 3.28. The lowest BCUT2D eigenvalue weighted by Crippen LogP contribution is -2.09. The Hall–Kier alpha value is -1.29. The number of rotatable bonds is 3. The molecule has 0 aliphatic carbocycles. The molecule has 0 fully saturated rings. The summed E-state index contributed by atoms with van der Waals surface area (Å²) in [6.45, 7) is 2.01. The summed E-state index contributed by atoms with van der Waals surface area (Å²) in [6, 6.07) is 5.18. The minimum Gasteiger partial charge on any atom is -0.497 e. The van der Waals surface area contributed by atoms with Gasteiger partial charge in [-0.25, -0.2) is 4.79 Å². The average molecular weight is 331 g/mol. The lowest BCUT2D eigenvalue weighted by molar-refractivity contribution is 0.0524. The van der Waals surface area contributed by atoms with Gasteiger partial charge in [0.25, 0.3) is 0 Å². The molecule has 0 bridgehead atoms. The van der Waals surface area contributed by atoms with Gasteiger partial charge in [0.15, 0.2) is 0 Å². The summed E-state index contributed by atoms with van der Waals surface area (Å²) in [6.07, 6.45) is 0. The van der Waals surface area contributed by atoms with Crippen molar-refractivity contribution in [1.29, 1.82) is 5.26 Å². The minimum atomic E-state index is -0.480. The predicted molar refractivity (Wildman–Crippen MR) is 66.4 cm³/mol. The molecule has 0 N–H and O–H groups in total. The maximum absolute atomic E-state index is 11.6. The summed E-state index contributed by atoms with van der Waals surface area (Å²) in [7, 11) is 1.51. The van der Waals surface area contributed by atoms with Crippen molar-refractivity contribution in [2.45, 2.75) is 6.92 Å². The highest BCUT2D eigenvalue weighted by atomic mass is 127. The fourth-order valence-electron chi connectivity index (χ4n) is 1.20. The summed E-state index contributed by atoms with van der Waals surface area (Å²) in [5.74, 6) is 0.0695. The van der Waals surface area contributed by atoms with E-state index >= 15 is 0 Å². The largest absolute Gasteiger partial charge is 0.497 e. The van der Waals surface area contributed by atoms with E-state index in [0.717, 1.165) is 0 Å². The SMILES string of the molecule is CCOC(=O)c1c(I)cc(OC)cc1C#N. The molecule has 84 valence electrons. The molecule has 0 saturated carbocycles. The quantitative estimate of drug-likeness (QED) is 0.630. The Kier molecular flexibility index (Phi) is 4.55. The number of benzene rings is 1. The first-order valence-corrected chi connectivity index (χ1v) is 5.66. The highest BCUT2D eigenvalue weighted by molar-refractivity contribution is 14.1. The number of hydrogen-bond donors (Lipinski definition) is 0. The lowest BCUT2D eigenvalue weighted by atomic mass is 10.1. The molecule has 16 heavy (non-hydrogen) atoms. The van der Waals surface area contributed by atoms with Crippen LogP contribution in [-0.4, -0.2) is 19.7 Å². The van der Waals surface area contributed by atoms with Crippen LogP contribution < -0.4 is 4.74 Å². The van der Waals surface area contributed by atoms with Gasteiger partial charge in [0, 0.05) is 3.57 Å². The highest BCUT2D eigenvalue weighted by Gasteiger charge is 2.17. The first-order chi connectivity index (χ1) is 7.63. The van der Waals surface area contributed by atoms with E-state index < -0.39 is 5.97 Å². The number of nitriles is 1. The summed E-state index contributed by atoms with van der Waals surface area (Å²) < 4.78 is 10.6. The number of ether oxygens (including phenoxy) is 2. The van der Waals surface area contributed by atoms with Crippen LogP contribution >= 0.6 is 22.6 Å². The lowest BCUT2D eigenvalue weighted by Gasteiger charge is -2.08. The van der Waals surface area contributed by atoms with Crippen LogP contribution in [0.3, 0.4) is 0 Å². The Morgan fingerprint density at radius 3 is 2.75 bits per heavy atom. The van der Waals surface area contributed by atoms with Crippen molar-refractivity contribution in [3.63, 3.8) is 0 Å². The molecular weight excluding hydrogens is 321 g/mol. The molecule has 0 spiro atoms. The van der Waals surface area contributed by atoms with Crippen LogP contribution in [0.1, 0.15) is 22.8 Å². The molecular formula is C11H10INO3. The molecule has 0 aromatic heterocycles. The van der Waals surface area contributed by atoms with Gasteiger partial charge < -0.3 is 9.47 Å². The summed E-state index contributed by atoms with van der Waals surface area (Å²) in [4.78, 5) is 11.6. The second-order valence-corrected chi connectivity index (χ2v) is 4.03. The number of carbonyl (C=O) groups is 1. The van der Waals surface area contributed by atoms with E-state index in [4.69, 9.17) is 14.7 Å². The van der Waals surface area contributed by atoms with Crippen LogP contribution in [0, 0.1) is 14.9 Å². The molecule has 0 aliphatic heterocycles. The molecule has 0 unspecified atom stereocenters. The van der Waals surface area contributed by atoms with Gasteiger partial charge in [-0.2, -0.15) is 5.26 Å². The number of esters is 1. The standard InChI is InChI=1S/C11H10INO3/c1-3-16-11(14)10-7(6-13)4-8(15-2)5-9(10)12/h4-5H,3H2,1-2H3. The number of nitrogens with zero attached hydrogens (tertiary/aromatic N) is 1. The van der Waals surface area contributed by atoms with Gasteiger partial charge in [-0.15, -0.1) is 0 Å². The van der Waals surface area contributed by atoms with E-state index in [1.165, 1.54) is 13.2 Å². The van der Waals surface area contributed by atoms with E-state index in [1.807, 2.05) is 28.7 Å². The third-order valence-electron chi connectivity index (χ3n) is 1.90. The van der Waals surface area contributed by atoms with E-state index in [-0.39, 0.29) is 12.2 Å². The topological polar surface area (TPSA) is 59.3 Å². The molecule has 0 heterocycles. The monoisotopic (exact) mass is 331 g/mol. The van der Waals surface area contributed by atoms with Crippen molar-refractivity contribution in [2.24, 2.45) is 0 Å². The van der Waals surface area contributed by atoms with Gasteiger partial charge in [-0.3, -0.25) is 0 Å². The van der Waals surface area contributed by atoms with Crippen molar-refractivity contribution in [2.75, 3.05) is 13.7 Å². The zero-order valence-electron chi connectivity index (χ0n) is 8.91. The van der Waals surface area contributed by atoms with Gasteiger partial charge in [0.05, 0.1) is 24.8 Å². The fourth-order valence-corrected chi connectivity index (χ4v) is 2.02. The summed E-state index contributed by atoms with van der Waals surface area (Å²) in [5, 5.41) is 8.96. The van der Waals surface area contributed by atoms with Gasteiger partial charge >= 0.3 is 5.97 Å². The molecule has 4 nitrogen and oxygen atoms in total. The molecule has 1 aromatic rings. The number of halogens is 1. The van der Waals surface area contributed by atoms with E-state index in [2.05, 4.69) is 0 Å². The van der Waals surface area contributed by atoms with Crippen LogP contribution in [0.4, 0.5) is 0 Å². The Labute approximate surface area is 107 Å². The molecule has 0 aliphatic rings. The number of hydrogen-bond acceptors (Lipinski definition) is 4. The minimum absolute atomic E-state index is 0.266. The van der Waals surface area contributed by atoms with Crippen LogP contribution in [0.15, 0.2) is 12.1 Å². The molecule has 0 atom stereocenters.